The summed E-state index contributed by atoms with van der Waals surface area (Å²) < 4.78 is 2.44. The van der Waals surface area contributed by atoms with Gasteiger partial charge in [0, 0.05) is 36.3 Å². The largest absolute Gasteiger partial charge is 0.293 e. The van der Waals surface area contributed by atoms with Crippen molar-refractivity contribution in [2.75, 3.05) is 6.54 Å². The molecule has 1 fully saturated rings. The summed E-state index contributed by atoms with van der Waals surface area (Å²) in [5, 5.41) is 4.77. The molecule has 4 rings (SSSR count). The van der Waals surface area contributed by atoms with E-state index in [0.29, 0.717) is 15.8 Å². The predicted molar refractivity (Wildman–Crippen MR) is 117 cm³/mol. The van der Waals surface area contributed by atoms with Crippen LogP contribution in [0.5, 0.6) is 0 Å². The van der Waals surface area contributed by atoms with Crippen LogP contribution in [0.15, 0.2) is 66.0 Å². The van der Waals surface area contributed by atoms with Crippen LogP contribution < -0.4 is 0 Å². The maximum atomic E-state index is 12.7. The summed E-state index contributed by atoms with van der Waals surface area (Å²) in [6, 6.07) is 13.7. The molecule has 140 valence electrons. The Bertz CT molecular complexity index is 1040. The van der Waals surface area contributed by atoms with Gasteiger partial charge in [0.05, 0.1) is 10.6 Å². The molecule has 5 nitrogen and oxygen atoms in total. The maximum absolute atomic E-state index is 12.7. The van der Waals surface area contributed by atoms with Crippen LogP contribution in [-0.2, 0) is 4.79 Å². The summed E-state index contributed by atoms with van der Waals surface area (Å²) >= 11 is 6.73. The fourth-order valence-electron chi connectivity index (χ4n) is 3.00. The molecule has 0 radical (unpaired) electrons. The van der Waals surface area contributed by atoms with E-state index in [1.54, 1.807) is 17.3 Å². The molecule has 3 heterocycles. The maximum Gasteiger partial charge on any atom is 0.266 e. The van der Waals surface area contributed by atoms with Crippen molar-refractivity contribution in [3.8, 4) is 16.9 Å². The smallest absolute Gasteiger partial charge is 0.266 e. The van der Waals surface area contributed by atoms with E-state index in [0.717, 1.165) is 28.9 Å². The van der Waals surface area contributed by atoms with Gasteiger partial charge in [-0.3, -0.25) is 14.7 Å². The lowest BCUT2D eigenvalue weighted by atomic mass is 10.1. The van der Waals surface area contributed by atoms with Crippen molar-refractivity contribution >= 4 is 40.3 Å². The molecule has 28 heavy (non-hydrogen) atoms. The number of para-hydroxylation sites is 1. The van der Waals surface area contributed by atoms with Crippen molar-refractivity contribution in [3.05, 3.63) is 71.5 Å². The Balaban J connectivity index is 1.79. The molecule has 0 bridgehead atoms. The van der Waals surface area contributed by atoms with Crippen LogP contribution in [0.1, 0.15) is 18.9 Å². The monoisotopic (exact) mass is 406 g/mol. The number of nitrogens with zero attached hydrogens (tertiary/aromatic N) is 4. The van der Waals surface area contributed by atoms with E-state index in [1.807, 2.05) is 66.3 Å². The van der Waals surface area contributed by atoms with Gasteiger partial charge in [0.2, 0.25) is 0 Å². The molecule has 1 aliphatic rings. The fraction of sp³-hybridized carbons (Fsp3) is 0.143. The van der Waals surface area contributed by atoms with Crippen LogP contribution in [0, 0.1) is 0 Å². The molecule has 0 atom stereocenters. The summed E-state index contributed by atoms with van der Waals surface area (Å²) in [6.07, 6.45) is 8.17. The number of hydrogen-bond donors (Lipinski definition) is 0. The van der Waals surface area contributed by atoms with E-state index >= 15 is 0 Å². The van der Waals surface area contributed by atoms with Gasteiger partial charge in [0.25, 0.3) is 5.91 Å². The first-order valence-corrected chi connectivity index (χ1v) is 10.2. The summed E-state index contributed by atoms with van der Waals surface area (Å²) in [5.41, 5.74) is 3.56. The SMILES string of the molecule is CCCN1C(=O)C(=Cc2cn(-c3ccccc3)nc2-c2ccncc2)SC1=S. The molecule has 1 aromatic carbocycles. The van der Waals surface area contributed by atoms with E-state index in [1.165, 1.54) is 11.8 Å². The van der Waals surface area contributed by atoms with E-state index in [2.05, 4.69) is 4.98 Å². The minimum Gasteiger partial charge on any atom is -0.293 e. The molecule has 0 saturated carbocycles. The second kappa shape index (κ2) is 8.08. The molecular weight excluding hydrogens is 388 g/mol. The number of amides is 1. The van der Waals surface area contributed by atoms with Crippen molar-refractivity contribution in [1.82, 2.24) is 19.7 Å². The third-order valence-corrected chi connectivity index (χ3v) is 5.70. The van der Waals surface area contributed by atoms with E-state index in [-0.39, 0.29) is 5.91 Å². The Kier molecular flexibility index (Phi) is 5.36. The van der Waals surface area contributed by atoms with E-state index in [4.69, 9.17) is 17.3 Å². The third kappa shape index (κ3) is 3.63. The van der Waals surface area contributed by atoms with Crippen LogP contribution in [-0.4, -0.2) is 36.4 Å². The van der Waals surface area contributed by atoms with Crippen LogP contribution in [0.3, 0.4) is 0 Å². The van der Waals surface area contributed by atoms with Gasteiger partial charge in [0.1, 0.15) is 10.0 Å². The lowest BCUT2D eigenvalue weighted by Gasteiger charge is -2.11. The zero-order chi connectivity index (χ0) is 19.5. The van der Waals surface area contributed by atoms with Gasteiger partial charge in [-0.25, -0.2) is 4.68 Å². The molecule has 1 aliphatic heterocycles. The van der Waals surface area contributed by atoms with Crippen LogP contribution >= 0.6 is 24.0 Å². The molecule has 1 amide bonds. The number of carbonyl (C=O) groups excluding carboxylic acids is 1. The molecular formula is C21H18N4OS2. The topological polar surface area (TPSA) is 51.0 Å². The minimum atomic E-state index is -0.0370. The lowest BCUT2D eigenvalue weighted by molar-refractivity contribution is -0.122. The summed E-state index contributed by atoms with van der Waals surface area (Å²) in [6.45, 7) is 2.68. The van der Waals surface area contributed by atoms with Gasteiger partial charge in [-0.05, 0) is 36.8 Å². The molecule has 1 saturated heterocycles. The minimum absolute atomic E-state index is 0.0370. The van der Waals surface area contributed by atoms with Crippen molar-refractivity contribution in [2.45, 2.75) is 13.3 Å². The van der Waals surface area contributed by atoms with E-state index < -0.39 is 0 Å². The molecule has 0 spiro atoms. The molecule has 3 aromatic rings. The van der Waals surface area contributed by atoms with Crippen molar-refractivity contribution in [2.24, 2.45) is 0 Å². The Hall–Kier alpha value is -2.77. The van der Waals surface area contributed by atoms with Gasteiger partial charge in [-0.2, -0.15) is 5.10 Å². The number of thiocarbonyl (C=S) groups is 1. The van der Waals surface area contributed by atoms with Gasteiger partial charge >= 0.3 is 0 Å². The highest BCUT2D eigenvalue weighted by molar-refractivity contribution is 8.26. The highest BCUT2D eigenvalue weighted by Gasteiger charge is 2.31. The Morgan fingerprint density at radius 2 is 1.89 bits per heavy atom. The van der Waals surface area contributed by atoms with Crippen molar-refractivity contribution in [1.29, 1.82) is 0 Å². The first-order chi connectivity index (χ1) is 13.7. The highest BCUT2D eigenvalue weighted by Crippen LogP contribution is 2.34. The fourth-order valence-corrected chi connectivity index (χ4v) is 4.30. The Labute approximate surface area is 173 Å². The molecule has 0 N–H and O–H groups in total. The molecule has 0 unspecified atom stereocenters. The standard InChI is InChI=1S/C21H18N4OS2/c1-2-12-24-20(26)18(28-21(24)27)13-16-14-25(17-6-4-3-5-7-17)23-19(16)15-8-10-22-11-9-15/h3-11,13-14H,2,12H2,1H3. The third-order valence-electron chi connectivity index (χ3n) is 4.32. The Morgan fingerprint density at radius 1 is 1.14 bits per heavy atom. The van der Waals surface area contributed by atoms with Gasteiger partial charge in [-0.1, -0.05) is 49.1 Å². The number of hydrogen-bond acceptors (Lipinski definition) is 5. The summed E-state index contributed by atoms with van der Waals surface area (Å²) in [5.74, 6) is -0.0370. The number of benzene rings is 1. The molecule has 7 heteroatoms. The average Bonchev–Trinajstić information content (AvgIpc) is 3.26. The van der Waals surface area contributed by atoms with E-state index in [9.17, 15) is 4.79 Å². The predicted octanol–water partition coefficient (Wildman–Crippen LogP) is 4.55. The second-order valence-electron chi connectivity index (χ2n) is 6.28. The van der Waals surface area contributed by atoms with Crippen molar-refractivity contribution < 1.29 is 4.79 Å². The first-order valence-electron chi connectivity index (χ1n) is 8.98. The van der Waals surface area contributed by atoms with Crippen molar-refractivity contribution in [3.63, 3.8) is 0 Å². The number of aromatic nitrogens is 3. The Morgan fingerprint density at radius 3 is 2.61 bits per heavy atom. The van der Waals surface area contributed by atoms with Crippen LogP contribution in [0.25, 0.3) is 23.0 Å². The summed E-state index contributed by atoms with van der Waals surface area (Å²) in [4.78, 5) is 19.1. The molecule has 2 aromatic heterocycles. The van der Waals surface area contributed by atoms with Crippen LogP contribution in [0.2, 0.25) is 0 Å². The number of thioether (sulfide) groups is 1. The zero-order valence-corrected chi connectivity index (χ0v) is 16.9. The second-order valence-corrected chi connectivity index (χ2v) is 7.96. The number of rotatable bonds is 5. The summed E-state index contributed by atoms with van der Waals surface area (Å²) in [7, 11) is 0. The van der Waals surface area contributed by atoms with Gasteiger partial charge in [-0.15, -0.1) is 0 Å². The molecule has 0 aliphatic carbocycles. The lowest BCUT2D eigenvalue weighted by Crippen LogP contribution is -2.28. The average molecular weight is 407 g/mol. The quantitative estimate of drug-likeness (QED) is 0.460. The highest BCUT2D eigenvalue weighted by atomic mass is 32.2. The zero-order valence-electron chi connectivity index (χ0n) is 15.3. The van der Waals surface area contributed by atoms with Gasteiger partial charge < -0.3 is 0 Å². The normalized spacial score (nSPS) is 15.6. The van der Waals surface area contributed by atoms with Crippen LogP contribution in [0.4, 0.5) is 0 Å². The number of carbonyl (C=O) groups is 1. The first kappa shape index (κ1) is 18.6. The van der Waals surface area contributed by atoms with Gasteiger partial charge in [0.15, 0.2) is 0 Å². The number of pyridine rings is 1.